The van der Waals surface area contributed by atoms with Gasteiger partial charge in [0.2, 0.25) is 0 Å². The van der Waals surface area contributed by atoms with E-state index in [1.807, 2.05) is 13.8 Å². The minimum Gasteiger partial charge on any atom is -0.490 e. The molecule has 7 heteroatoms. The van der Waals surface area contributed by atoms with Gasteiger partial charge in [0.25, 0.3) is 5.56 Å². The van der Waals surface area contributed by atoms with Crippen molar-refractivity contribution in [2.24, 2.45) is 0 Å². The quantitative estimate of drug-likeness (QED) is 0.529. The van der Waals surface area contributed by atoms with Gasteiger partial charge in [0.1, 0.15) is 5.82 Å². The van der Waals surface area contributed by atoms with Crippen molar-refractivity contribution in [2.75, 3.05) is 13.2 Å². The highest BCUT2D eigenvalue weighted by Gasteiger charge is 2.15. The Labute approximate surface area is 158 Å². The van der Waals surface area contributed by atoms with Gasteiger partial charge < -0.3 is 9.47 Å². The zero-order valence-electron chi connectivity index (χ0n) is 14.9. The van der Waals surface area contributed by atoms with Crippen LogP contribution in [0.5, 0.6) is 11.5 Å². The Morgan fingerprint density at radius 3 is 2.44 bits per heavy atom. The lowest BCUT2D eigenvalue weighted by Crippen LogP contribution is -2.22. The van der Waals surface area contributed by atoms with Crippen LogP contribution in [0.25, 0.3) is 22.1 Å². The Hall–Kier alpha value is -2.93. The molecule has 2 aromatic carbocycles. The Kier molecular flexibility index (Phi) is 4.53. The van der Waals surface area contributed by atoms with Crippen molar-refractivity contribution < 1.29 is 13.9 Å². The van der Waals surface area contributed by atoms with E-state index in [9.17, 15) is 9.18 Å². The van der Waals surface area contributed by atoms with Gasteiger partial charge in [0, 0.05) is 12.1 Å². The van der Waals surface area contributed by atoms with Crippen molar-refractivity contribution in [3.05, 3.63) is 62.7 Å². The van der Waals surface area contributed by atoms with E-state index >= 15 is 0 Å². The molecule has 0 aliphatic carbocycles. The van der Waals surface area contributed by atoms with Crippen LogP contribution in [0, 0.1) is 5.82 Å². The van der Waals surface area contributed by atoms with Crippen LogP contribution in [0.15, 0.2) is 41.2 Å². The predicted octanol–water partition coefficient (Wildman–Crippen LogP) is 3.39. The number of aromatic nitrogens is 2. The third-order valence-corrected chi connectivity index (χ3v) is 5.04. The highest BCUT2D eigenvalue weighted by atomic mass is 32.1. The van der Waals surface area contributed by atoms with Gasteiger partial charge in [-0.15, -0.1) is 0 Å². The first kappa shape index (κ1) is 17.5. The third kappa shape index (κ3) is 3.14. The summed E-state index contributed by atoms with van der Waals surface area (Å²) in [5.74, 6) is 0.890. The van der Waals surface area contributed by atoms with Crippen molar-refractivity contribution in [1.82, 2.24) is 9.38 Å². The lowest BCUT2D eigenvalue weighted by Gasteiger charge is -2.10. The Balaban J connectivity index is 1.91. The average molecular weight is 384 g/mol. The highest BCUT2D eigenvalue weighted by molar-refractivity contribution is 7.15. The molecule has 0 spiro atoms. The molecule has 0 aliphatic rings. The van der Waals surface area contributed by atoms with Crippen LogP contribution >= 0.6 is 11.3 Å². The molecule has 4 rings (SSSR count). The fourth-order valence-electron chi connectivity index (χ4n) is 2.92. The lowest BCUT2D eigenvalue weighted by molar-refractivity contribution is 0.288. The van der Waals surface area contributed by atoms with E-state index in [1.165, 1.54) is 23.5 Å². The summed E-state index contributed by atoms with van der Waals surface area (Å²) in [7, 11) is 0. The van der Waals surface area contributed by atoms with E-state index in [-0.39, 0.29) is 11.4 Å². The van der Waals surface area contributed by atoms with E-state index in [1.54, 1.807) is 34.7 Å². The highest BCUT2D eigenvalue weighted by Crippen LogP contribution is 2.33. The zero-order chi connectivity index (χ0) is 19.0. The fourth-order valence-corrected chi connectivity index (χ4v) is 3.91. The molecule has 0 amide bonds. The SMILES string of the molecule is CCOc1cc2nc3sc(=Cc4ccc(F)cc4)c(=O)n3c2cc1OCC. The number of fused-ring (bicyclic) bond motifs is 3. The molecule has 2 aromatic heterocycles. The largest absolute Gasteiger partial charge is 0.490 e. The van der Waals surface area contributed by atoms with E-state index in [0.717, 1.165) is 5.56 Å². The first-order valence-electron chi connectivity index (χ1n) is 8.62. The van der Waals surface area contributed by atoms with Crippen molar-refractivity contribution in [2.45, 2.75) is 13.8 Å². The van der Waals surface area contributed by atoms with Crippen molar-refractivity contribution in [3.63, 3.8) is 0 Å². The summed E-state index contributed by atoms with van der Waals surface area (Å²) in [6, 6.07) is 9.60. The number of halogens is 1. The van der Waals surface area contributed by atoms with E-state index in [0.29, 0.717) is 45.2 Å². The number of nitrogens with zero attached hydrogens (tertiary/aromatic N) is 2. The monoisotopic (exact) mass is 384 g/mol. The second-order valence-corrected chi connectivity index (χ2v) is 6.86. The molecule has 0 saturated heterocycles. The van der Waals surface area contributed by atoms with Crippen LogP contribution in [0.3, 0.4) is 0 Å². The molecule has 0 N–H and O–H groups in total. The Morgan fingerprint density at radius 1 is 1.11 bits per heavy atom. The molecule has 5 nitrogen and oxygen atoms in total. The van der Waals surface area contributed by atoms with Gasteiger partial charge in [-0.3, -0.25) is 4.79 Å². The molecule has 0 aliphatic heterocycles. The second-order valence-electron chi connectivity index (χ2n) is 5.85. The van der Waals surface area contributed by atoms with Crippen molar-refractivity contribution in [3.8, 4) is 11.5 Å². The lowest BCUT2D eigenvalue weighted by atomic mass is 10.2. The molecule has 4 aromatic rings. The van der Waals surface area contributed by atoms with E-state index in [4.69, 9.17) is 9.47 Å². The number of hydrogen-bond acceptors (Lipinski definition) is 5. The molecule has 0 bridgehead atoms. The Morgan fingerprint density at radius 2 is 1.78 bits per heavy atom. The van der Waals surface area contributed by atoms with Crippen LogP contribution in [0.4, 0.5) is 4.39 Å². The molecule has 0 unspecified atom stereocenters. The zero-order valence-corrected chi connectivity index (χ0v) is 15.7. The molecule has 2 heterocycles. The molecule has 27 heavy (non-hydrogen) atoms. The summed E-state index contributed by atoms with van der Waals surface area (Å²) in [6.45, 7) is 4.80. The molecule has 0 radical (unpaired) electrons. The fraction of sp³-hybridized carbons (Fsp3) is 0.200. The standard InChI is InChI=1S/C20H17FN2O3S/c1-3-25-16-10-14-15(11-17(16)26-4-2)23-19(24)18(27-20(23)22-14)9-12-5-7-13(21)8-6-12/h5-11H,3-4H2,1-2H3. The van der Waals surface area contributed by atoms with E-state index in [2.05, 4.69) is 4.98 Å². The predicted molar refractivity (Wildman–Crippen MR) is 104 cm³/mol. The van der Waals surface area contributed by atoms with Crippen LogP contribution in [-0.2, 0) is 0 Å². The van der Waals surface area contributed by atoms with Gasteiger partial charge in [0.15, 0.2) is 16.5 Å². The number of hydrogen-bond donors (Lipinski definition) is 0. The summed E-state index contributed by atoms with van der Waals surface area (Å²) >= 11 is 1.30. The maximum atomic E-state index is 13.1. The van der Waals surface area contributed by atoms with Crippen LogP contribution in [0.1, 0.15) is 19.4 Å². The molecule has 0 atom stereocenters. The van der Waals surface area contributed by atoms with Gasteiger partial charge in [0.05, 0.1) is 28.8 Å². The van der Waals surface area contributed by atoms with Gasteiger partial charge in [-0.25, -0.2) is 13.8 Å². The number of benzene rings is 2. The van der Waals surface area contributed by atoms with Crippen molar-refractivity contribution in [1.29, 1.82) is 0 Å². The molecule has 0 saturated carbocycles. The van der Waals surface area contributed by atoms with Crippen LogP contribution < -0.4 is 19.6 Å². The van der Waals surface area contributed by atoms with Crippen molar-refractivity contribution >= 4 is 33.4 Å². The normalized spacial score (nSPS) is 12.2. The van der Waals surface area contributed by atoms with Gasteiger partial charge >= 0.3 is 0 Å². The minimum atomic E-state index is -0.310. The number of thiazole rings is 1. The molecule has 138 valence electrons. The summed E-state index contributed by atoms with van der Waals surface area (Å²) in [6.07, 6.45) is 1.74. The van der Waals surface area contributed by atoms with Gasteiger partial charge in [-0.05, 0) is 37.6 Å². The van der Waals surface area contributed by atoms with E-state index < -0.39 is 0 Å². The maximum Gasteiger partial charge on any atom is 0.274 e. The summed E-state index contributed by atoms with van der Waals surface area (Å²) < 4.78 is 26.5. The number of ether oxygens (including phenoxy) is 2. The summed E-state index contributed by atoms with van der Waals surface area (Å²) in [5, 5.41) is 0. The number of rotatable bonds is 5. The number of imidazole rings is 1. The topological polar surface area (TPSA) is 52.8 Å². The minimum absolute atomic E-state index is 0.159. The van der Waals surface area contributed by atoms with Gasteiger partial charge in [-0.1, -0.05) is 23.5 Å². The first-order valence-corrected chi connectivity index (χ1v) is 9.44. The molecular weight excluding hydrogens is 367 g/mol. The smallest absolute Gasteiger partial charge is 0.274 e. The van der Waals surface area contributed by atoms with Crippen LogP contribution in [-0.4, -0.2) is 22.6 Å². The average Bonchev–Trinajstić information content (AvgIpc) is 3.14. The summed E-state index contributed by atoms with van der Waals surface area (Å²) in [4.78, 5) is 18.1. The third-order valence-electron chi connectivity index (χ3n) is 4.07. The molecule has 0 fully saturated rings. The second kappa shape index (κ2) is 7.00. The first-order chi connectivity index (χ1) is 13.1. The maximum absolute atomic E-state index is 13.1. The van der Waals surface area contributed by atoms with Gasteiger partial charge in [-0.2, -0.15) is 0 Å². The Bertz CT molecular complexity index is 1230. The van der Waals surface area contributed by atoms with Crippen LogP contribution in [0.2, 0.25) is 0 Å². The summed E-state index contributed by atoms with van der Waals surface area (Å²) in [5.41, 5.74) is 1.96. The molecular formula is C20H17FN2O3S.